The van der Waals surface area contributed by atoms with E-state index in [-0.39, 0.29) is 11.7 Å². The van der Waals surface area contributed by atoms with Crippen LogP contribution in [-0.4, -0.2) is 21.0 Å². The molecular formula is C11H9BrN2O2. The number of para-hydroxylation sites is 1. The predicted molar refractivity (Wildman–Crippen MR) is 64.2 cm³/mol. The summed E-state index contributed by atoms with van der Waals surface area (Å²) in [6.07, 6.45) is -0.00277. The Labute approximate surface area is 100.0 Å². The summed E-state index contributed by atoms with van der Waals surface area (Å²) in [5, 5.41) is 1.34. The Kier molecular flexibility index (Phi) is 2.21. The van der Waals surface area contributed by atoms with Crippen molar-refractivity contribution in [2.24, 2.45) is 0 Å². The van der Waals surface area contributed by atoms with Crippen molar-refractivity contribution in [3.8, 4) is 6.01 Å². The van der Waals surface area contributed by atoms with Gasteiger partial charge in [-0.25, -0.2) is 0 Å². The molecule has 5 heteroatoms. The van der Waals surface area contributed by atoms with Gasteiger partial charge in [0, 0.05) is 5.33 Å². The smallest absolute Gasteiger partial charge is 0.300 e. The topological polar surface area (TPSA) is 44.1 Å². The molecule has 16 heavy (non-hydrogen) atoms. The summed E-state index contributed by atoms with van der Waals surface area (Å²) in [6.45, 7) is 0.567. The Morgan fingerprint density at radius 3 is 3.12 bits per heavy atom. The minimum absolute atomic E-state index is 0.00277. The van der Waals surface area contributed by atoms with Crippen molar-refractivity contribution in [3.05, 3.63) is 34.6 Å². The number of hydrogen-bond acceptors (Lipinski definition) is 3. The molecule has 0 fully saturated rings. The third-order valence-corrected chi connectivity index (χ3v) is 3.38. The highest BCUT2D eigenvalue weighted by Crippen LogP contribution is 2.20. The van der Waals surface area contributed by atoms with Crippen LogP contribution in [0.4, 0.5) is 0 Å². The van der Waals surface area contributed by atoms with E-state index in [0.717, 1.165) is 0 Å². The zero-order valence-electron chi connectivity index (χ0n) is 8.39. The van der Waals surface area contributed by atoms with Gasteiger partial charge in [-0.15, -0.1) is 0 Å². The highest BCUT2D eigenvalue weighted by Gasteiger charge is 2.24. The van der Waals surface area contributed by atoms with Gasteiger partial charge in [0.15, 0.2) is 0 Å². The van der Waals surface area contributed by atoms with Gasteiger partial charge >= 0.3 is 0 Å². The molecule has 0 saturated heterocycles. The number of ether oxygens (including phenoxy) is 1. The van der Waals surface area contributed by atoms with Crippen LogP contribution in [0.2, 0.25) is 0 Å². The van der Waals surface area contributed by atoms with Gasteiger partial charge in [-0.2, -0.15) is 4.98 Å². The lowest BCUT2D eigenvalue weighted by atomic mass is 10.2. The summed E-state index contributed by atoms with van der Waals surface area (Å²) < 4.78 is 7.14. The quantitative estimate of drug-likeness (QED) is 0.745. The van der Waals surface area contributed by atoms with Crippen molar-refractivity contribution in [3.63, 3.8) is 0 Å². The van der Waals surface area contributed by atoms with Gasteiger partial charge in [-0.05, 0) is 12.1 Å². The highest BCUT2D eigenvalue weighted by atomic mass is 79.9. The standard InChI is InChI=1S/C11H9BrN2O2/c12-5-7-6-14-10(15)8-3-1-2-4-9(8)13-11(14)16-7/h1-4,7H,5-6H2. The lowest BCUT2D eigenvalue weighted by Gasteiger charge is -2.02. The molecule has 1 aliphatic rings. The van der Waals surface area contributed by atoms with Crippen LogP contribution < -0.4 is 10.3 Å². The fourth-order valence-electron chi connectivity index (χ4n) is 1.87. The zero-order chi connectivity index (χ0) is 11.1. The van der Waals surface area contributed by atoms with E-state index in [9.17, 15) is 4.79 Å². The second-order valence-electron chi connectivity index (χ2n) is 3.72. The molecule has 2 heterocycles. The molecule has 0 aliphatic carbocycles. The molecule has 0 spiro atoms. The summed E-state index contributed by atoms with van der Waals surface area (Å²) in [5.74, 6) is 0. The second kappa shape index (κ2) is 3.59. The van der Waals surface area contributed by atoms with Crippen LogP contribution in [0.1, 0.15) is 0 Å². The average molecular weight is 281 g/mol. The number of aromatic nitrogens is 2. The summed E-state index contributed by atoms with van der Waals surface area (Å²) in [7, 11) is 0. The van der Waals surface area contributed by atoms with Crippen LogP contribution in [-0.2, 0) is 6.54 Å². The van der Waals surface area contributed by atoms with Crippen LogP contribution in [0.3, 0.4) is 0 Å². The Balaban J connectivity index is 2.28. The third-order valence-electron chi connectivity index (χ3n) is 2.66. The Bertz CT molecular complexity index is 608. The zero-order valence-corrected chi connectivity index (χ0v) is 9.98. The highest BCUT2D eigenvalue weighted by molar-refractivity contribution is 9.09. The maximum atomic E-state index is 12.1. The first-order chi connectivity index (χ1) is 7.79. The van der Waals surface area contributed by atoms with Crippen molar-refractivity contribution in [1.82, 2.24) is 9.55 Å². The first kappa shape index (κ1) is 9.84. The van der Waals surface area contributed by atoms with Gasteiger partial charge in [-0.3, -0.25) is 9.36 Å². The van der Waals surface area contributed by atoms with Gasteiger partial charge < -0.3 is 4.74 Å². The number of nitrogens with zero attached hydrogens (tertiary/aromatic N) is 2. The summed E-state index contributed by atoms with van der Waals surface area (Å²) in [6, 6.07) is 7.74. The first-order valence-electron chi connectivity index (χ1n) is 5.02. The fourth-order valence-corrected chi connectivity index (χ4v) is 2.21. The number of benzene rings is 1. The van der Waals surface area contributed by atoms with Crippen LogP contribution in [0.5, 0.6) is 6.01 Å². The molecule has 0 saturated carbocycles. The van der Waals surface area contributed by atoms with Gasteiger partial charge in [0.25, 0.3) is 11.6 Å². The van der Waals surface area contributed by atoms with E-state index in [1.807, 2.05) is 18.2 Å². The lowest BCUT2D eigenvalue weighted by molar-refractivity contribution is 0.252. The normalized spacial score (nSPS) is 18.4. The molecule has 4 nitrogen and oxygen atoms in total. The van der Waals surface area contributed by atoms with Crippen molar-refractivity contribution in [2.45, 2.75) is 12.6 Å². The minimum atomic E-state index is -0.0240. The van der Waals surface area contributed by atoms with Gasteiger partial charge in [0.05, 0.1) is 17.4 Å². The van der Waals surface area contributed by atoms with Crippen molar-refractivity contribution in [1.29, 1.82) is 0 Å². The molecule has 0 amide bonds. The number of alkyl halides is 1. The van der Waals surface area contributed by atoms with Crippen molar-refractivity contribution < 1.29 is 4.74 Å². The molecule has 1 atom stereocenters. The summed E-state index contributed by atoms with van der Waals surface area (Å²) in [4.78, 5) is 16.4. The third kappa shape index (κ3) is 1.35. The fraction of sp³-hybridized carbons (Fsp3) is 0.273. The first-order valence-corrected chi connectivity index (χ1v) is 6.14. The van der Waals surface area contributed by atoms with Gasteiger partial charge in [0.1, 0.15) is 6.10 Å². The van der Waals surface area contributed by atoms with E-state index < -0.39 is 0 Å². The maximum Gasteiger partial charge on any atom is 0.300 e. The van der Waals surface area contributed by atoms with Crippen molar-refractivity contribution in [2.75, 3.05) is 5.33 Å². The molecule has 1 aliphatic heterocycles. The minimum Gasteiger partial charge on any atom is -0.458 e. The number of fused-ring (bicyclic) bond motifs is 2. The molecule has 1 aromatic carbocycles. The molecule has 0 bridgehead atoms. The van der Waals surface area contributed by atoms with Crippen LogP contribution in [0, 0.1) is 0 Å². The van der Waals surface area contributed by atoms with Crippen LogP contribution >= 0.6 is 15.9 Å². The van der Waals surface area contributed by atoms with E-state index in [2.05, 4.69) is 20.9 Å². The number of halogens is 1. The molecule has 2 aromatic rings. The summed E-state index contributed by atoms with van der Waals surface area (Å²) >= 11 is 3.35. The number of hydrogen-bond donors (Lipinski definition) is 0. The second-order valence-corrected chi connectivity index (χ2v) is 4.37. The van der Waals surface area contributed by atoms with Crippen LogP contribution in [0.15, 0.2) is 29.1 Å². The molecule has 82 valence electrons. The lowest BCUT2D eigenvalue weighted by Crippen LogP contribution is -2.21. The Hall–Kier alpha value is -1.36. The SMILES string of the molecule is O=c1c2ccccc2nc2n1CC(CBr)O2. The van der Waals surface area contributed by atoms with Crippen LogP contribution in [0.25, 0.3) is 10.9 Å². The number of rotatable bonds is 1. The molecule has 1 unspecified atom stereocenters. The monoisotopic (exact) mass is 280 g/mol. The van der Waals surface area contributed by atoms with E-state index in [0.29, 0.717) is 28.8 Å². The summed E-state index contributed by atoms with van der Waals surface area (Å²) in [5.41, 5.74) is 0.665. The van der Waals surface area contributed by atoms with Crippen molar-refractivity contribution >= 4 is 26.8 Å². The molecule has 0 radical (unpaired) electrons. The maximum absolute atomic E-state index is 12.1. The Morgan fingerprint density at radius 1 is 1.50 bits per heavy atom. The van der Waals surface area contributed by atoms with E-state index in [1.165, 1.54) is 0 Å². The molecular weight excluding hydrogens is 272 g/mol. The van der Waals surface area contributed by atoms with Gasteiger partial charge in [0.2, 0.25) is 0 Å². The van der Waals surface area contributed by atoms with E-state index in [4.69, 9.17) is 4.74 Å². The molecule has 3 rings (SSSR count). The average Bonchev–Trinajstić information content (AvgIpc) is 2.73. The largest absolute Gasteiger partial charge is 0.458 e. The molecule has 0 N–H and O–H groups in total. The molecule has 1 aromatic heterocycles. The van der Waals surface area contributed by atoms with E-state index >= 15 is 0 Å². The Morgan fingerprint density at radius 2 is 2.31 bits per heavy atom. The van der Waals surface area contributed by atoms with E-state index in [1.54, 1.807) is 10.6 Å². The predicted octanol–water partition coefficient (Wildman–Crippen LogP) is 1.55. The van der Waals surface area contributed by atoms with Gasteiger partial charge in [-0.1, -0.05) is 28.1 Å².